The SMILES string of the molecule is C=C/C=C/OCC(O)C(C)CC.C=CCN1C=CC(OCc2ccc(Cl)cn2)CC1=O. The molecule has 6 nitrogen and oxygen atoms in total. The van der Waals surface area contributed by atoms with Crippen LogP contribution in [0.4, 0.5) is 0 Å². The first-order valence-corrected chi connectivity index (χ1v) is 10.7. The van der Waals surface area contributed by atoms with Crippen LogP contribution < -0.4 is 0 Å². The molecule has 1 aromatic rings. The molecule has 31 heavy (non-hydrogen) atoms. The lowest BCUT2D eigenvalue weighted by Crippen LogP contribution is -2.33. The van der Waals surface area contributed by atoms with E-state index in [1.54, 1.807) is 53.9 Å². The monoisotopic (exact) mass is 448 g/mol. The maximum absolute atomic E-state index is 11.8. The number of allylic oxidation sites excluding steroid dienone is 2. The number of ether oxygens (including phenoxy) is 2. The Morgan fingerprint density at radius 2 is 2.19 bits per heavy atom. The van der Waals surface area contributed by atoms with E-state index in [1.165, 1.54) is 0 Å². The standard InChI is InChI=1S/C14H15ClN2O2.C10H18O2/c1-2-6-17-7-5-13(8-14(17)18)19-10-12-4-3-11(15)9-16-12;1-4-6-7-12-8-10(11)9(3)5-2/h2-5,7,9,13H,1,6,8,10H2;4,6-7,9-11H,1,5,8H2,2-3H3/b;7-6+. The summed E-state index contributed by atoms with van der Waals surface area (Å²) in [5.41, 5.74) is 0.791. The third kappa shape index (κ3) is 11.0. The molecule has 0 saturated carbocycles. The summed E-state index contributed by atoms with van der Waals surface area (Å²) in [6, 6.07) is 3.57. The molecule has 0 saturated heterocycles. The summed E-state index contributed by atoms with van der Waals surface area (Å²) in [4.78, 5) is 17.5. The van der Waals surface area contributed by atoms with E-state index in [1.807, 2.05) is 19.9 Å². The summed E-state index contributed by atoms with van der Waals surface area (Å²) >= 11 is 5.75. The van der Waals surface area contributed by atoms with E-state index in [4.69, 9.17) is 21.1 Å². The van der Waals surface area contributed by atoms with Crippen LogP contribution in [-0.2, 0) is 20.9 Å². The summed E-state index contributed by atoms with van der Waals surface area (Å²) in [7, 11) is 0. The molecule has 0 fully saturated rings. The van der Waals surface area contributed by atoms with Crippen molar-refractivity contribution in [1.82, 2.24) is 9.88 Å². The molecule has 1 aromatic heterocycles. The molecule has 3 unspecified atom stereocenters. The molecule has 0 radical (unpaired) electrons. The highest BCUT2D eigenvalue weighted by molar-refractivity contribution is 6.30. The number of aromatic nitrogens is 1. The van der Waals surface area contributed by atoms with E-state index >= 15 is 0 Å². The summed E-state index contributed by atoms with van der Waals surface area (Å²) in [5.74, 6) is 0.332. The van der Waals surface area contributed by atoms with E-state index in [2.05, 4.69) is 18.1 Å². The van der Waals surface area contributed by atoms with Crippen molar-refractivity contribution in [3.63, 3.8) is 0 Å². The second-order valence-corrected chi connectivity index (χ2v) is 7.48. The number of halogens is 1. The minimum absolute atomic E-state index is 0.0384. The number of aliphatic hydroxyl groups is 1. The van der Waals surface area contributed by atoms with Crippen LogP contribution in [0.15, 0.2) is 68.3 Å². The van der Waals surface area contributed by atoms with Crippen LogP contribution >= 0.6 is 11.6 Å². The van der Waals surface area contributed by atoms with Gasteiger partial charge >= 0.3 is 0 Å². The summed E-state index contributed by atoms with van der Waals surface area (Å²) in [6.45, 7) is 12.4. The van der Waals surface area contributed by atoms with Crippen molar-refractivity contribution >= 4 is 17.5 Å². The zero-order chi connectivity index (χ0) is 23.1. The molecule has 3 atom stereocenters. The zero-order valence-electron chi connectivity index (χ0n) is 18.3. The predicted molar refractivity (Wildman–Crippen MR) is 124 cm³/mol. The molecule has 0 spiro atoms. The number of hydrogen-bond donors (Lipinski definition) is 1. The lowest BCUT2D eigenvalue weighted by Gasteiger charge is -2.25. The first-order chi connectivity index (χ1) is 14.9. The van der Waals surface area contributed by atoms with Crippen LogP contribution in [0.25, 0.3) is 0 Å². The molecule has 2 rings (SSSR count). The van der Waals surface area contributed by atoms with Crippen LogP contribution in [0.2, 0.25) is 5.02 Å². The molecule has 2 heterocycles. The molecule has 7 heteroatoms. The molecule has 0 aromatic carbocycles. The highest BCUT2D eigenvalue weighted by atomic mass is 35.5. The Hall–Kier alpha value is -2.41. The van der Waals surface area contributed by atoms with Crippen LogP contribution in [0.5, 0.6) is 0 Å². The van der Waals surface area contributed by atoms with Gasteiger partial charge in [0.15, 0.2) is 0 Å². The minimum Gasteiger partial charge on any atom is -0.498 e. The fourth-order valence-corrected chi connectivity index (χ4v) is 2.55. The Morgan fingerprint density at radius 3 is 2.77 bits per heavy atom. The van der Waals surface area contributed by atoms with Gasteiger partial charge in [0.05, 0.1) is 42.2 Å². The van der Waals surface area contributed by atoms with Crippen molar-refractivity contribution < 1.29 is 19.4 Å². The van der Waals surface area contributed by atoms with E-state index in [-0.39, 0.29) is 18.1 Å². The zero-order valence-corrected chi connectivity index (χ0v) is 19.1. The van der Waals surface area contributed by atoms with Crippen molar-refractivity contribution in [2.75, 3.05) is 13.2 Å². The van der Waals surface area contributed by atoms with Gasteiger partial charge in [0, 0.05) is 18.9 Å². The third-order valence-corrected chi connectivity index (χ3v) is 4.84. The molecular formula is C24H33ClN2O4. The van der Waals surface area contributed by atoms with Crippen molar-refractivity contribution in [3.05, 3.63) is 79.0 Å². The van der Waals surface area contributed by atoms with Gasteiger partial charge < -0.3 is 19.5 Å². The fraction of sp³-hybridized carbons (Fsp3) is 0.417. The van der Waals surface area contributed by atoms with Gasteiger partial charge in [-0.1, -0.05) is 50.6 Å². The average Bonchev–Trinajstić information content (AvgIpc) is 2.78. The second-order valence-electron chi connectivity index (χ2n) is 7.05. The topological polar surface area (TPSA) is 71.9 Å². The molecule has 1 aliphatic heterocycles. The van der Waals surface area contributed by atoms with E-state index < -0.39 is 0 Å². The van der Waals surface area contributed by atoms with Gasteiger partial charge in [0.1, 0.15) is 6.61 Å². The van der Waals surface area contributed by atoms with Gasteiger partial charge in [-0.15, -0.1) is 6.58 Å². The molecule has 1 aliphatic rings. The van der Waals surface area contributed by atoms with Crippen LogP contribution in [-0.4, -0.2) is 46.3 Å². The fourth-order valence-electron chi connectivity index (χ4n) is 2.44. The molecule has 170 valence electrons. The number of carbonyl (C=O) groups excluding carboxylic acids is 1. The van der Waals surface area contributed by atoms with E-state index in [0.717, 1.165) is 12.1 Å². The lowest BCUT2D eigenvalue weighted by molar-refractivity contribution is -0.131. The quantitative estimate of drug-likeness (QED) is 0.303. The second kappa shape index (κ2) is 15.4. The van der Waals surface area contributed by atoms with E-state index in [9.17, 15) is 9.90 Å². The predicted octanol–water partition coefficient (Wildman–Crippen LogP) is 4.66. The van der Waals surface area contributed by atoms with Crippen LogP contribution in [0.1, 0.15) is 32.4 Å². The van der Waals surface area contributed by atoms with Crippen LogP contribution in [0, 0.1) is 5.92 Å². The lowest BCUT2D eigenvalue weighted by atomic mass is 10.0. The number of hydrogen-bond acceptors (Lipinski definition) is 5. The van der Waals surface area contributed by atoms with Gasteiger partial charge in [-0.25, -0.2) is 0 Å². The number of pyridine rings is 1. The highest BCUT2D eigenvalue weighted by Crippen LogP contribution is 2.14. The Balaban J connectivity index is 0.000000348. The van der Waals surface area contributed by atoms with Gasteiger partial charge in [-0.3, -0.25) is 9.78 Å². The number of nitrogens with zero attached hydrogens (tertiary/aromatic N) is 2. The van der Waals surface area contributed by atoms with Gasteiger partial charge in [-0.05, 0) is 30.2 Å². The van der Waals surface area contributed by atoms with E-state index in [0.29, 0.717) is 37.1 Å². The number of amides is 1. The van der Waals surface area contributed by atoms with Gasteiger partial charge in [0.25, 0.3) is 0 Å². The Labute approximate surface area is 190 Å². The molecular weight excluding hydrogens is 416 g/mol. The number of rotatable bonds is 11. The third-order valence-electron chi connectivity index (χ3n) is 4.62. The maximum Gasteiger partial charge on any atom is 0.229 e. The summed E-state index contributed by atoms with van der Waals surface area (Å²) in [5, 5.41) is 10.0. The Bertz CT molecular complexity index is 734. The normalized spacial score (nSPS) is 17.6. The first-order valence-electron chi connectivity index (χ1n) is 10.3. The average molecular weight is 449 g/mol. The molecule has 1 amide bonds. The highest BCUT2D eigenvalue weighted by Gasteiger charge is 2.20. The summed E-state index contributed by atoms with van der Waals surface area (Å²) in [6.07, 6.45) is 12.5. The Kier molecular flexibility index (Phi) is 13.2. The van der Waals surface area contributed by atoms with Crippen molar-refractivity contribution in [1.29, 1.82) is 0 Å². The first kappa shape index (κ1) is 26.6. The van der Waals surface area contributed by atoms with Crippen molar-refractivity contribution in [2.45, 2.75) is 45.5 Å². The molecule has 1 N–H and O–H groups in total. The Morgan fingerprint density at radius 1 is 1.42 bits per heavy atom. The largest absolute Gasteiger partial charge is 0.498 e. The minimum atomic E-state index is -0.371. The van der Waals surface area contributed by atoms with Gasteiger partial charge in [-0.2, -0.15) is 0 Å². The smallest absolute Gasteiger partial charge is 0.229 e. The van der Waals surface area contributed by atoms with Crippen molar-refractivity contribution in [2.24, 2.45) is 5.92 Å². The summed E-state index contributed by atoms with van der Waals surface area (Å²) < 4.78 is 10.7. The molecule has 0 bridgehead atoms. The van der Waals surface area contributed by atoms with Crippen molar-refractivity contribution in [3.8, 4) is 0 Å². The number of carbonyl (C=O) groups is 1. The van der Waals surface area contributed by atoms with Crippen LogP contribution in [0.3, 0.4) is 0 Å². The maximum atomic E-state index is 11.8. The van der Waals surface area contributed by atoms with Gasteiger partial charge in [0.2, 0.25) is 5.91 Å². The molecule has 0 aliphatic carbocycles. The number of aliphatic hydroxyl groups excluding tert-OH is 1.